The zero-order valence-electron chi connectivity index (χ0n) is 25.9. The van der Waals surface area contributed by atoms with E-state index in [1.54, 1.807) is 12.2 Å². The van der Waals surface area contributed by atoms with Gasteiger partial charge in [0.15, 0.2) is 0 Å². The molecule has 3 aliphatic rings. The van der Waals surface area contributed by atoms with Crippen LogP contribution in [0.2, 0.25) is 0 Å². The van der Waals surface area contributed by atoms with Crippen molar-refractivity contribution in [3.63, 3.8) is 0 Å². The van der Waals surface area contributed by atoms with Gasteiger partial charge in [-0.1, -0.05) is 38.2 Å². The molecule has 40 heavy (non-hydrogen) atoms. The van der Waals surface area contributed by atoms with Gasteiger partial charge >= 0.3 is 111 Å². The monoisotopic (exact) mass is 596 g/mol. The molecule has 5 atom stereocenters. The molecule has 0 spiro atoms. The minimum atomic E-state index is -1.11. The Morgan fingerprint density at radius 1 is 1.10 bits per heavy atom. The Hall–Kier alpha value is -0.794. The topological polar surface area (TPSA) is 154 Å². The number of hydrogen-bond donors (Lipinski definition) is 2. The smallest absolute Gasteiger partial charge is 1.00 e. The fraction of sp³-hybridized carbons (Fsp3) is 0.607. The molecule has 0 bridgehead atoms. The minimum absolute atomic E-state index is 0. The van der Waals surface area contributed by atoms with E-state index in [0.29, 0.717) is 31.3 Å². The van der Waals surface area contributed by atoms with Crippen LogP contribution >= 0.6 is 0 Å². The van der Waals surface area contributed by atoms with E-state index >= 15 is 0 Å². The number of carboxylic acids is 2. The van der Waals surface area contributed by atoms with Crippen LogP contribution in [-0.4, -0.2) is 59.4 Å². The molecule has 0 saturated heterocycles. The summed E-state index contributed by atoms with van der Waals surface area (Å²) in [7, 11) is 0. The van der Waals surface area contributed by atoms with Gasteiger partial charge in [0.25, 0.3) is 0 Å². The molecule has 12 heteroatoms. The van der Waals surface area contributed by atoms with Crippen molar-refractivity contribution < 1.29 is 132 Å². The van der Waals surface area contributed by atoms with Crippen LogP contribution in [0.3, 0.4) is 0 Å². The van der Waals surface area contributed by atoms with Crippen LogP contribution in [-0.2, 0) is 38.2 Å². The average Bonchev–Trinajstić information content (AvgIpc) is 3.26. The third-order valence-electron chi connectivity index (χ3n) is 8.30. The Labute approximate surface area is 302 Å². The molecule has 3 rings (SSSR count). The molecule has 10 nitrogen and oxygen atoms in total. The summed E-state index contributed by atoms with van der Waals surface area (Å²) in [5, 5.41) is 17.8. The zero-order chi connectivity index (χ0) is 28.1. The molecule has 0 unspecified atom stereocenters. The van der Waals surface area contributed by atoms with E-state index in [1.807, 2.05) is 13.0 Å². The molecule has 212 valence electrons. The van der Waals surface area contributed by atoms with Crippen molar-refractivity contribution in [2.45, 2.75) is 71.3 Å². The van der Waals surface area contributed by atoms with Crippen LogP contribution in [0.5, 0.6) is 0 Å². The number of carbonyl (C=O) groups excluding carboxylic acids is 3. The molecule has 2 N–H and O–H groups in total. The summed E-state index contributed by atoms with van der Waals surface area (Å²) in [6.07, 6.45) is 6.10. The number of ether oxygens (including phenoxy) is 3. The third kappa shape index (κ3) is 9.10. The number of allylic oxidation sites excluding steroid dienone is 2. The fourth-order valence-electron chi connectivity index (χ4n) is 6.30. The maximum atomic E-state index is 12.5. The minimum Gasteiger partial charge on any atom is -1.00 e. The first-order chi connectivity index (χ1) is 17.9. The van der Waals surface area contributed by atoms with Gasteiger partial charge in [0, 0.05) is 11.3 Å². The van der Waals surface area contributed by atoms with E-state index in [-0.39, 0.29) is 146 Å². The number of aliphatic carboxylic acids is 2. The van der Waals surface area contributed by atoms with Crippen LogP contribution in [0.25, 0.3) is 0 Å². The Balaban J connectivity index is 0. The fourth-order valence-corrected chi connectivity index (χ4v) is 6.30. The van der Waals surface area contributed by atoms with Crippen LogP contribution in [0.1, 0.15) is 68.1 Å². The van der Waals surface area contributed by atoms with E-state index in [4.69, 9.17) is 24.4 Å². The van der Waals surface area contributed by atoms with Gasteiger partial charge < -0.3 is 27.3 Å². The first kappa shape index (κ1) is 37.2. The Bertz CT molecular complexity index is 1080. The number of fused-ring (bicyclic) bond motifs is 1. The maximum absolute atomic E-state index is 12.5. The van der Waals surface area contributed by atoms with Crippen molar-refractivity contribution in [2.24, 2.45) is 22.7 Å². The summed E-state index contributed by atoms with van der Waals surface area (Å²) in [4.78, 5) is 58.6. The molecular weight excluding hydrogens is 558 g/mol. The number of esters is 3. The van der Waals surface area contributed by atoms with E-state index in [9.17, 15) is 24.0 Å². The molecule has 0 aromatic carbocycles. The number of carboxylic acid groups (broad SMARTS) is 2. The molecule has 0 aromatic heterocycles. The molecule has 0 radical (unpaired) electrons. The van der Waals surface area contributed by atoms with Crippen molar-refractivity contribution in [2.75, 3.05) is 13.2 Å². The summed E-state index contributed by atoms with van der Waals surface area (Å²) < 4.78 is 16.4. The zero-order valence-corrected chi connectivity index (χ0v) is 29.0. The van der Waals surface area contributed by atoms with Crippen LogP contribution in [0, 0.1) is 22.7 Å². The first-order valence-corrected chi connectivity index (χ1v) is 12.9. The molecule has 0 amide bonds. The van der Waals surface area contributed by atoms with Gasteiger partial charge in [-0.3, -0.25) is 19.2 Å². The maximum Gasteiger partial charge on any atom is 1.00 e. The normalized spacial score (nSPS) is 29.2. The molecule has 2 fully saturated rings. The van der Waals surface area contributed by atoms with Gasteiger partial charge in [0.05, 0.1) is 31.3 Å². The van der Waals surface area contributed by atoms with Crippen LogP contribution < -0.4 is 80.9 Å². The van der Waals surface area contributed by atoms with Gasteiger partial charge in [-0.2, -0.15) is 0 Å². The largest absolute Gasteiger partial charge is 1.00 e. The molecular formula is C28H38KNaO10. The van der Waals surface area contributed by atoms with Crippen molar-refractivity contribution in [3.05, 3.63) is 36.0 Å². The Kier molecular flexibility index (Phi) is 15.0. The van der Waals surface area contributed by atoms with Gasteiger partial charge in [-0.05, 0) is 43.1 Å². The molecule has 1 heterocycles. The summed E-state index contributed by atoms with van der Waals surface area (Å²) in [5.41, 5.74) is 0.328. The van der Waals surface area contributed by atoms with Gasteiger partial charge in [0.2, 0.25) is 0 Å². The third-order valence-corrected chi connectivity index (χ3v) is 8.30. The number of carbonyl (C=O) groups is 5. The van der Waals surface area contributed by atoms with Gasteiger partial charge in [0.1, 0.15) is 19.3 Å². The van der Waals surface area contributed by atoms with E-state index in [1.165, 1.54) is 0 Å². The predicted molar refractivity (Wildman–Crippen MR) is 136 cm³/mol. The second kappa shape index (κ2) is 16.2. The van der Waals surface area contributed by atoms with E-state index < -0.39 is 35.4 Å². The summed E-state index contributed by atoms with van der Waals surface area (Å²) >= 11 is 0. The molecule has 1 aliphatic heterocycles. The summed E-state index contributed by atoms with van der Waals surface area (Å²) in [6, 6.07) is 0. The average molecular weight is 597 g/mol. The van der Waals surface area contributed by atoms with Crippen molar-refractivity contribution in [3.8, 4) is 0 Å². The second-order valence-electron chi connectivity index (χ2n) is 10.8. The Morgan fingerprint density at radius 3 is 2.30 bits per heavy atom. The summed E-state index contributed by atoms with van der Waals surface area (Å²) in [6.45, 7) is 8.49. The van der Waals surface area contributed by atoms with Crippen molar-refractivity contribution in [1.82, 2.24) is 0 Å². The van der Waals surface area contributed by atoms with Crippen molar-refractivity contribution >= 4 is 29.8 Å². The standard InChI is InChI=1S/C28H36O10.K.Na.2H/c1-17-4-7-20-27(2,19(17)6-5-18-13-15-36-26(18)35)14-12-21(38-25(34)11-9-23(31)32)28(20,3)16-37-24(33)10-8-22(29)30;;;;/h5-6,13,19-21H,1,4,7-12,14-16H2,2-3H3,(H,29,30)(H,31,32);;;;/q;2*+1;2*-1/b6-5+;;;;/t19-,20+,21-,27+,28+;;;;/m1..../s1. The number of rotatable bonds is 11. The quantitative estimate of drug-likeness (QED) is 0.117. The first-order valence-electron chi connectivity index (χ1n) is 12.9. The number of hydrogen-bond acceptors (Lipinski definition) is 8. The second-order valence-corrected chi connectivity index (χ2v) is 10.8. The molecule has 2 saturated carbocycles. The molecule has 2 aliphatic carbocycles. The summed E-state index contributed by atoms with van der Waals surface area (Å²) in [5.74, 6) is -4.05. The van der Waals surface area contributed by atoms with Gasteiger partial charge in [-0.15, -0.1) is 0 Å². The van der Waals surface area contributed by atoms with E-state index in [0.717, 1.165) is 5.57 Å². The Morgan fingerprint density at radius 2 is 1.73 bits per heavy atom. The molecule has 0 aromatic rings. The van der Waals surface area contributed by atoms with Crippen molar-refractivity contribution in [1.29, 1.82) is 0 Å². The SMILES string of the molecule is C=C1CC[C@@H]2[C@](C)(COC(=O)CCC(=O)O)[C@H](OC(=O)CCC(=O)O)CC[C@@]2(C)[C@@H]1/C=C/C1=CCOC1=O.[H-].[H-].[K+].[Na+]. The van der Waals surface area contributed by atoms with Crippen LogP contribution in [0.4, 0.5) is 0 Å². The van der Waals surface area contributed by atoms with Crippen LogP contribution in [0.15, 0.2) is 36.0 Å². The van der Waals surface area contributed by atoms with E-state index in [2.05, 4.69) is 13.5 Å². The predicted octanol–water partition coefficient (Wildman–Crippen LogP) is -2.17. The number of cyclic esters (lactones) is 1. The van der Waals surface area contributed by atoms with Gasteiger partial charge in [-0.25, -0.2) is 4.79 Å².